The monoisotopic (exact) mass is 304 g/mol. The first-order valence-corrected chi connectivity index (χ1v) is 7.39. The fourth-order valence-electron chi connectivity index (χ4n) is 2.39. The fourth-order valence-corrected chi connectivity index (χ4v) is 2.39. The summed E-state index contributed by atoms with van der Waals surface area (Å²) in [5, 5.41) is 4.03. The van der Waals surface area contributed by atoms with Crippen LogP contribution in [0.3, 0.4) is 0 Å². The second-order valence-electron chi connectivity index (χ2n) is 5.47. The van der Waals surface area contributed by atoms with Crippen LogP contribution in [0.1, 0.15) is 25.3 Å². The average molecular weight is 304 g/mol. The molecule has 7 nitrogen and oxygen atoms in total. The largest absolute Gasteiger partial charge is 0.496 e. The topological polar surface area (TPSA) is 73.5 Å². The molecule has 0 bridgehead atoms. The number of pyridine rings is 1. The molecule has 22 heavy (non-hydrogen) atoms. The molecule has 0 spiro atoms. The highest BCUT2D eigenvalue weighted by Crippen LogP contribution is 2.29. The van der Waals surface area contributed by atoms with Gasteiger partial charge in [-0.15, -0.1) is 0 Å². The van der Waals surface area contributed by atoms with Crippen LogP contribution in [0.4, 0.5) is 5.95 Å². The molecule has 3 rings (SSSR count). The zero-order valence-corrected chi connectivity index (χ0v) is 13.1. The Morgan fingerprint density at radius 1 is 1.27 bits per heavy atom. The van der Waals surface area contributed by atoms with Crippen molar-refractivity contribution in [3.8, 4) is 17.3 Å². The number of morpholine rings is 1. The third-order valence-electron chi connectivity index (χ3n) is 3.67. The standard InChI is InChI=1S/C15H20N4O3/c1-10(2)11-9-16-12(8-13(11)20-3)14-17-15(18-22-14)19-4-6-21-7-5-19/h8-10H,4-7H2,1-3H3. The zero-order chi connectivity index (χ0) is 15.5. The predicted octanol–water partition coefficient (Wildman–Crippen LogP) is 2.10. The molecule has 0 atom stereocenters. The number of hydrogen-bond acceptors (Lipinski definition) is 7. The number of hydrogen-bond donors (Lipinski definition) is 0. The summed E-state index contributed by atoms with van der Waals surface area (Å²) in [6.07, 6.45) is 1.80. The van der Waals surface area contributed by atoms with E-state index in [4.69, 9.17) is 14.0 Å². The highest BCUT2D eigenvalue weighted by molar-refractivity contribution is 5.54. The molecule has 1 aliphatic heterocycles. The number of methoxy groups -OCH3 is 1. The highest BCUT2D eigenvalue weighted by atomic mass is 16.5. The SMILES string of the molecule is COc1cc(-c2nc(N3CCOCC3)no2)ncc1C(C)C. The first-order chi connectivity index (χ1) is 10.7. The quantitative estimate of drug-likeness (QED) is 0.856. The Labute approximate surface area is 129 Å². The molecule has 0 amide bonds. The van der Waals surface area contributed by atoms with E-state index in [-0.39, 0.29) is 0 Å². The molecule has 1 aliphatic rings. The van der Waals surface area contributed by atoms with E-state index in [2.05, 4.69) is 29.0 Å². The van der Waals surface area contributed by atoms with E-state index in [0.29, 0.717) is 36.7 Å². The van der Waals surface area contributed by atoms with Crippen molar-refractivity contribution in [3.05, 3.63) is 17.8 Å². The molecule has 0 aliphatic carbocycles. The first-order valence-electron chi connectivity index (χ1n) is 7.39. The van der Waals surface area contributed by atoms with Crippen LogP contribution in [0, 0.1) is 0 Å². The lowest BCUT2D eigenvalue weighted by Crippen LogP contribution is -2.36. The van der Waals surface area contributed by atoms with Gasteiger partial charge in [0, 0.05) is 30.9 Å². The molecule has 0 aromatic carbocycles. The van der Waals surface area contributed by atoms with E-state index in [1.54, 1.807) is 13.3 Å². The highest BCUT2D eigenvalue weighted by Gasteiger charge is 2.19. The smallest absolute Gasteiger partial charge is 0.278 e. The van der Waals surface area contributed by atoms with Crippen LogP contribution in [-0.2, 0) is 4.74 Å². The lowest BCUT2D eigenvalue weighted by atomic mass is 10.0. The van der Waals surface area contributed by atoms with Gasteiger partial charge in [0.25, 0.3) is 11.8 Å². The van der Waals surface area contributed by atoms with E-state index in [9.17, 15) is 0 Å². The van der Waals surface area contributed by atoms with Gasteiger partial charge in [0.2, 0.25) is 0 Å². The van der Waals surface area contributed by atoms with Gasteiger partial charge in [-0.25, -0.2) is 0 Å². The second-order valence-corrected chi connectivity index (χ2v) is 5.47. The minimum absolute atomic E-state index is 0.336. The van der Waals surface area contributed by atoms with Crippen LogP contribution in [0.2, 0.25) is 0 Å². The minimum atomic E-state index is 0.336. The Kier molecular flexibility index (Phi) is 4.24. The van der Waals surface area contributed by atoms with Crippen LogP contribution in [0.5, 0.6) is 5.75 Å². The summed E-state index contributed by atoms with van der Waals surface area (Å²) < 4.78 is 16.1. The molecule has 118 valence electrons. The van der Waals surface area contributed by atoms with Crippen LogP contribution >= 0.6 is 0 Å². The molecule has 7 heteroatoms. The van der Waals surface area contributed by atoms with Crippen molar-refractivity contribution in [2.24, 2.45) is 0 Å². The molecule has 2 aromatic rings. The third kappa shape index (κ3) is 2.89. The van der Waals surface area contributed by atoms with Gasteiger partial charge < -0.3 is 18.9 Å². The number of aromatic nitrogens is 3. The Morgan fingerprint density at radius 3 is 2.73 bits per heavy atom. The summed E-state index contributed by atoms with van der Waals surface area (Å²) in [5.41, 5.74) is 1.67. The van der Waals surface area contributed by atoms with E-state index >= 15 is 0 Å². The molecular weight excluding hydrogens is 284 g/mol. The molecule has 0 radical (unpaired) electrons. The van der Waals surface area contributed by atoms with Crippen molar-refractivity contribution in [3.63, 3.8) is 0 Å². The predicted molar refractivity (Wildman–Crippen MR) is 81.2 cm³/mol. The Bertz CT molecular complexity index is 635. The number of ether oxygens (including phenoxy) is 2. The van der Waals surface area contributed by atoms with Crippen LogP contribution < -0.4 is 9.64 Å². The first kappa shape index (κ1) is 14.8. The normalized spacial score (nSPS) is 15.4. The van der Waals surface area contributed by atoms with Crippen molar-refractivity contribution in [1.29, 1.82) is 0 Å². The van der Waals surface area contributed by atoms with Crippen molar-refractivity contribution < 1.29 is 14.0 Å². The lowest BCUT2D eigenvalue weighted by Gasteiger charge is -2.24. The van der Waals surface area contributed by atoms with E-state index in [1.165, 1.54) is 0 Å². The fraction of sp³-hybridized carbons (Fsp3) is 0.533. The summed E-state index contributed by atoms with van der Waals surface area (Å²) in [5.74, 6) is 2.09. The maximum absolute atomic E-state index is 5.44. The summed E-state index contributed by atoms with van der Waals surface area (Å²) in [6.45, 7) is 7.09. The molecule has 0 N–H and O–H groups in total. The Hall–Kier alpha value is -2.15. The van der Waals surface area contributed by atoms with Gasteiger partial charge >= 0.3 is 0 Å². The Balaban J connectivity index is 1.86. The van der Waals surface area contributed by atoms with E-state index < -0.39 is 0 Å². The zero-order valence-electron chi connectivity index (χ0n) is 13.1. The van der Waals surface area contributed by atoms with Crippen LogP contribution in [-0.4, -0.2) is 48.5 Å². The van der Waals surface area contributed by atoms with E-state index in [1.807, 2.05) is 11.0 Å². The maximum Gasteiger partial charge on any atom is 0.278 e. The molecule has 2 aromatic heterocycles. The lowest BCUT2D eigenvalue weighted by molar-refractivity contribution is 0.121. The summed E-state index contributed by atoms with van der Waals surface area (Å²) in [6, 6.07) is 1.84. The molecule has 1 saturated heterocycles. The Morgan fingerprint density at radius 2 is 2.05 bits per heavy atom. The molecule has 1 fully saturated rings. The van der Waals surface area contributed by atoms with Gasteiger partial charge in [-0.2, -0.15) is 4.98 Å². The third-order valence-corrected chi connectivity index (χ3v) is 3.67. The van der Waals surface area contributed by atoms with Crippen LogP contribution in [0.25, 0.3) is 11.6 Å². The number of rotatable bonds is 4. The van der Waals surface area contributed by atoms with Gasteiger partial charge in [-0.3, -0.25) is 4.98 Å². The average Bonchev–Trinajstić information content (AvgIpc) is 3.05. The second kappa shape index (κ2) is 6.31. The molecule has 0 saturated carbocycles. The van der Waals surface area contributed by atoms with Gasteiger partial charge in [-0.05, 0) is 11.1 Å². The van der Waals surface area contributed by atoms with Crippen LogP contribution in [0.15, 0.2) is 16.8 Å². The molecule has 0 unspecified atom stereocenters. The number of nitrogens with zero attached hydrogens (tertiary/aromatic N) is 4. The van der Waals surface area contributed by atoms with Crippen molar-refractivity contribution in [1.82, 2.24) is 15.1 Å². The molecule has 3 heterocycles. The van der Waals surface area contributed by atoms with Gasteiger partial charge in [0.15, 0.2) is 0 Å². The van der Waals surface area contributed by atoms with Crippen molar-refractivity contribution in [2.75, 3.05) is 38.3 Å². The maximum atomic E-state index is 5.44. The summed E-state index contributed by atoms with van der Waals surface area (Å²) >= 11 is 0. The van der Waals surface area contributed by atoms with Gasteiger partial charge in [-0.1, -0.05) is 13.8 Å². The molecular formula is C15H20N4O3. The van der Waals surface area contributed by atoms with Crippen molar-refractivity contribution >= 4 is 5.95 Å². The minimum Gasteiger partial charge on any atom is -0.496 e. The number of anilines is 1. The van der Waals surface area contributed by atoms with E-state index in [0.717, 1.165) is 24.4 Å². The van der Waals surface area contributed by atoms with Gasteiger partial charge in [0.1, 0.15) is 11.4 Å². The van der Waals surface area contributed by atoms with Crippen molar-refractivity contribution in [2.45, 2.75) is 19.8 Å². The summed E-state index contributed by atoms with van der Waals surface area (Å²) in [7, 11) is 1.65. The van der Waals surface area contributed by atoms with Gasteiger partial charge in [0.05, 0.1) is 20.3 Å². The summed E-state index contributed by atoms with van der Waals surface area (Å²) in [4.78, 5) is 10.9.